The number of hydrogen-bond donors (Lipinski definition) is 1. The third-order valence-electron chi connectivity index (χ3n) is 0.175. The summed E-state index contributed by atoms with van der Waals surface area (Å²) in [5, 5.41) is 6.86. The maximum Gasteiger partial charge on any atom is 0.364 e. The zero-order valence-electron chi connectivity index (χ0n) is 3.17. The Balaban J connectivity index is 0. The van der Waals surface area contributed by atoms with E-state index in [0.29, 0.717) is 0 Å². The van der Waals surface area contributed by atoms with Crippen LogP contribution in [-0.2, 0) is 0 Å². The number of hydrogen-bond acceptors (Lipinski definition) is 2. The van der Waals surface area contributed by atoms with Crippen LogP contribution in [0.25, 0.3) is 0 Å². The highest BCUT2D eigenvalue weighted by atomic mass is 35.5. The van der Waals surface area contributed by atoms with Crippen molar-refractivity contribution in [2.45, 2.75) is 0 Å². The van der Waals surface area contributed by atoms with Gasteiger partial charge in [-0.15, -0.1) is 12.4 Å². The van der Waals surface area contributed by atoms with E-state index < -0.39 is 5.30 Å². The van der Waals surface area contributed by atoms with E-state index in [1.807, 2.05) is 0 Å². The van der Waals surface area contributed by atoms with E-state index in [4.69, 9.17) is 5.11 Å². The SMILES string of the molecule is CSC(=O)O.Cl. The fourth-order valence-corrected chi connectivity index (χ4v) is 0. The summed E-state index contributed by atoms with van der Waals surface area (Å²) in [5.41, 5.74) is 0. The molecule has 0 saturated carbocycles. The molecule has 0 saturated heterocycles. The molecule has 0 radical (unpaired) electrons. The van der Waals surface area contributed by atoms with Crippen molar-refractivity contribution in [3.8, 4) is 0 Å². The lowest BCUT2D eigenvalue weighted by molar-refractivity contribution is 0.222. The van der Waals surface area contributed by atoms with Crippen LogP contribution < -0.4 is 0 Å². The van der Waals surface area contributed by atoms with Gasteiger partial charge in [0.15, 0.2) is 0 Å². The molecule has 1 N–H and O–H groups in total. The lowest BCUT2D eigenvalue weighted by atomic mass is 11.6. The van der Waals surface area contributed by atoms with Crippen LogP contribution in [0.2, 0.25) is 0 Å². The zero-order valence-corrected chi connectivity index (χ0v) is 4.80. The van der Waals surface area contributed by atoms with E-state index in [1.165, 1.54) is 6.26 Å². The molecule has 0 unspecified atom stereocenters. The fourth-order valence-electron chi connectivity index (χ4n) is 0. The van der Waals surface area contributed by atoms with Gasteiger partial charge in [-0.25, -0.2) is 4.79 Å². The first-order chi connectivity index (χ1) is 2.27. The quantitative estimate of drug-likeness (QED) is 0.537. The van der Waals surface area contributed by atoms with Crippen LogP contribution >= 0.6 is 24.2 Å². The second kappa shape index (κ2) is 5.11. The third-order valence-corrected chi connectivity index (χ3v) is 0.524. The molecule has 0 heterocycles. The van der Waals surface area contributed by atoms with E-state index in [1.54, 1.807) is 0 Å². The van der Waals surface area contributed by atoms with Crippen molar-refractivity contribution < 1.29 is 9.90 Å². The fraction of sp³-hybridized carbons (Fsp3) is 0.500. The maximum absolute atomic E-state index is 9.33. The Morgan fingerprint density at radius 2 is 2.00 bits per heavy atom. The standard InChI is InChI=1S/C2H4O2S.ClH/c1-5-2(3)4;/h1H3,(H,3,4);1H. The summed E-state index contributed by atoms with van der Waals surface area (Å²) in [6.07, 6.45) is 1.52. The van der Waals surface area contributed by atoms with E-state index in [0.717, 1.165) is 11.8 Å². The van der Waals surface area contributed by atoms with Crippen LogP contribution in [0.3, 0.4) is 0 Å². The number of thioether (sulfide) groups is 1. The highest BCUT2D eigenvalue weighted by Gasteiger charge is 1.81. The van der Waals surface area contributed by atoms with Crippen molar-refractivity contribution >= 4 is 29.5 Å². The first kappa shape index (κ1) is 9.44. The summed E-state index contributed by atoms with van der Waals surface area (Å²) < 4.78 is 0. The Morgan fingerprint density at radius 3 is 2.00 bits per heavy atom. The van der Waals surface area contributed by atoms with E-state index in [2.05, 4.69) is 0 Å². The van der Waals surface area contributed by atoms with Crippen LogP contribution in [0.1, 0.15) is 0 Å². The molecule has 0 aromatic heterocycles. The molecule has 4 heteroatoms. The Labute approximate surface area is 46.3 Å². The summed E-state index contributed by atoms with van der Waals surface area (Å²) in [6, 6.07) is 0. The topological polar surface area (TPSA) is 37.3 Å². The average Bonchev–Trinajstić information content (AvgIpc) is 1.38. The molecule has 0 fully saturated rings. The summed E-state index contributed by atoms with van der Waals surface area (Å²) in [7, 11) is 0. The molecule has 0 bridgehead atoms. The molecule has 6 heavy (non-hydrogen) atoms. The van der Waals surface area contributed by atoms with Gasteiger partial charge in [-0.1, -0.05) is 0 Å². The minimum atomic E-state index is -0.829. The third kappa shape index (κ3) is 8.93. The Kier molecular flexibility index (Phi) is 8.04. The van der Waals surface area contributed by atoms with Crippen molar-refractivity contribution in [1.29, 1.82) is 0 Å². The number of rotatable bonds is 0. The van der Waals surface area contributed by atoms with Crippen molar-refractivity contribution in [3.05, 3.63) is 0 Å². The van der Waals surface area contributed by atoms with Crippen LogP contribution in [-0.4, -0.2) is 16.7 Å². The van der Waals surface area contributed by atoms with Gasteiger partial charge in [0.2, 0.25) is 0 Å². The van der Waals surface area contributed by atoms with Gasteiger partial charge in [-0.05, 0) is 18.0 Å². The van der Waals surface area contributed by atoms with Crippen LogP contribution in [0.4, 0.5) is 4.79 Å². The van der Waals surface area contributed by atoms with Gasteiger partial charge in [0.25, 0.3) is 0 Å². The normalized spacial score (nSPS) is 6.17. The predicted octanol–water partition coefficient (Wildman–Crippen LogP) is 1.45. The smallest absolute Gasteiger partial charge is 0.364 e. The molecule has 0 amide bonds. The zero-order chi connectivity index (χ0) is 4.28. The first-order valence-corrected chi connectivity index (χ1v) is 2.26. The monoisotopic (exact) mass is 128 g/mol. The molecule has 2 nitrogen and oxygen atoms in total. The van der Waals surface area contributed by atoms with Gasteiger partial charge < -0.3 is 5.11 Å². The van der Waals surface area contributed by atoms with Crippen molar-refractivity contribution in [2.24, 2.45) is 0 Å². The number of carboxylic acid groups (broad SMARTS) is 1. The van der Waals surface area contributed by atoms with Crippen molar-refractivity contribution in [3.63, 3.8) is 0 Å². The summed E-state index contributed by atoms with van der Waals surface area (Å²) in [4.78, 5) is 9.33. The van der Waals surface area contributed by atoms with Crippen molar-refractivity contribution in [1.82, 2.24) is 0 Å². The second-order valence-corrected chi connectivity index (χ2v) is 1.23. The molecular formula is C2H5ClO2S. The molecule has 38 valence electrons. The minimum Gasteiger partial charge on any atom is -0.473 e. The highest BCUT2D eigenvalue weighted by molar-refractivity contribution is 8.12. The maximum atomic E-state index is 9.33. The van der Waals surface area contributed by atoms with Gasteiger partial charge in [-0.3, -0.25) is 0 Å². The highest BCUT2D eigenvalue weighted by Crippen LogP contribution is 1.88. The van der Waals surface area contributed by atoms with Gasteiger partial charge in [0.1, 0.15) is 0 Å². The van der Waals surface area contributed by atoms with Gasteiger partial charge in [0.05, 0.1) is 0 Å². The molecule has 0 spiro atoms. The predicted molar refractivity (Wildman–Crippen MR) is 28.8 cm³/mol. The van der Waals surface area contributed by atoms with Gasteiger partial charge in [0, 0.05) is 0 Å². The van der Waals surface area contributed by atoms with Gasteiger partial charge >= 0.3 is 5.30 Å². The van der Waals surface area contributed by atoms with Crippen molar-refractivity contribution in [2.75, 3.05) is 6.26 Å². The Bertz CT molecular complexity index is 46.8. The molecular weight excluding hydrogens is 124 g/mol. The van der Waals surface area contributed by atoms with E-state index in [-0.39, 0.29) is 12.4 Å². The van der Waals surface area contributed by atoms with Crippen LogP contribution in [0, 0.1) is 0 Å². The second-order valence-electron chi connectivity index (χ2n) is 0.470. The molecule has 0 aliphatic carbocycles. The summed E-state index contributed by atoms with van der Waals surface area (Å²) >= 11 is 0.796. The average molecular weight is 129 g/mol. The molecule has 0 aliphatic rings. The van der Waals surface area contributed by atoms with Crippen LogP contribution in [0.15, 0.2) is 0 Å². The Hall–Kier alpha value is 0.110. The van der Waals surface area contributed by atoms with E-state index >= 15 is 0 Å². The van der Waals surface area contributed by atoms with Crippen LogP contribution in [0.5, 0.6) is 0 Å². The molecule has 0 aromatic rings. The molecule has 0 aromatic carbocycles. The largest absolute Gasteiger partial charge is 0.473 e. The molecule has 0 aliphatic heterocycles. The van der Waals surface area contributed by atoms with E-state index in [9.17, 15) is 4.79 Å². The van der Waals surface area contributed by atoms with Gasteiger partial charge in [-0.2, -0.15) is 0 Å². The lowest BCUT2D eigenvalue weighted by Gasteiger charge is -1.71. The minimum absolute atomic E-state index is 0. The molecule has 0 rings (SSSR count). The lowest BCUT2D eigenvalue weighted by Crippen LogP contribution is -1.75. The Morgan fingerprint density at radius 1 is 1.83 bits per heavy atom. The molecule has 0 atom stereocenters. The number of carbonyl (C=O) groups is 1. The number of halogens is 1. The summed E-state index contributed by atoms with van der Waals surface area (Å²) in [6.45, 7) is 0. The summed E-state index contributed by atoms with van der Waals surface area (Å²) in [5.74, 6) is 0. The first-order valence-electron chi connectivity index (χ1n) is 1.04.